The van der Waals surface area contributed by atoms with Gasteiger partial charge in [0.05, 0.1) is 19.5 Å². The van der Waals surface area contributed by atoms with Gasteiger partial charge in [0.2, 0.25) is 0 Å². The molecule has 0 spiro atoms. The number of ether oxygens (including phenoxy) is 1. The van der Waals surface area contributed by atoms with E-state index in [9.17, 15) is 0 Å². The average molecular weight is 317 g/mol. The van der Waals surface area contributed by atoms with Crippen molar-refractivity contribution in [3.05, 3.63) is 84.6 Å². The van der Waals surface area contributed by atoms with E-state index in [4.69, 9.17) is 4.74 Å². The fraction of sp³-hybridized carbons (Fsp3) is 0.150. The van der Waals surface area contributed by atoms with Crippen molar-refractivity contribution in [2.75, 3.05) is 7.11 Å². The highest BCUT2D eigenvalue weighted by Crippen LogP contribution is 2.34. The summed E-state index contributed by atoms with van der Waals surface area (Å²) in [6, 6.07) is 16.8. The van der Waals surface area contributed by atoms with E-state index in [0.29, 0.717) is 0 Å². The lowest BCUT2D eigenvalue weighted by molar-refractivity contribution is 0.415. The zero-order valence-corrected chi connectivity index (χ0v) is 13.8. The Hall–Kier alpha value is -3.01. The molecule has 0 aliphatic carbocycles. The Balaban J connectivity index is 1.98. The number of methoxy groups -OCH3 is 1. The Bertz CT molecular complexity index is 955. The van der Waals surface area contributed by atoms with Gasteiger partial charge in [0.15, 0.2) is 0 Å². The molecule has 0 amide bonds. The third kappa shape index (κ3) is 2.36. The van der Waals surface area contributed by atoms with Crippen LogP contribution in [0.3, 0.4) is 0 Å². The maximum Gasteiger partial charge on any atom is 0.119 e. The van der Waals surface area contributed by atoms with E-state index in [0.717, 1.165) is 5.75 Å². The van der Waals surface area contributed by atoms with Crippen LogP contribution in [0.5, 0.6) is 5.75 Å². The van der Waals surface area contributed by atoms with Crippen molar-refractivity contribution in [3.8, 4) is 5.75 Å². The highest BCUT2D eigenvalue weighted by Gasteiger charge is 2.20. The van der Waals surface area contributed by atoms with Gasteiger partial charge in [-0.3, -0.25) is 0 Å². The number of benzene rings is 2. The summed E-state index contributed by atoms with van der Waals surface area (Å²) in [7, 11) is 3.78. The standard InChI is InChI=1S/C20H19N3O/c1-22-13-18(17-12-16(24-2)8-9-19(17)22)20(23-11-10-21-14-23)15-6-4-3-5-7-15/h3-14,20H,1-2H3. The van der Waals surface area contributed by atoms with Crippen LogP contribution in [0.15, 0.2) is 73.4 Å². The Labute approximate surface area is 140 Å². The second-order valence-electron chi connectivity index (χ2n) is 5.90. The molecule has 2 heterocycles. The summed E-state index contributed by atoms with van der Waals surface area (Å²) in [6.07, 6.45) is 7.90. The van der Waals surface area contributed by atoms with E-state index < -0.39 is 0 Å². The highest BCUT2D eigenvalue weighted by atomic mass is 16.5. The van der Waals surface area contributed by atoms with Gasteiger partial charge >= 0.3 is 0 Å². The normalized spacial score (nSPS) is 12.4. The van der Waals surface area contributed by atoms with Crippen molar-refractivity contribution < 1.29 is 4.74 Å². The predicted molar refractivity (Wildman–Crippen MR) is 95.4 cm³/mol. The van der Waals surface area contributed by atoms with Crippen molar-refractivity contribution in [2.24, 2.45) is 7.05 Å². The Kier molecular flexibility index (Phi) is 3.58. The fourth-order valence-corrected chi connectivity index (χ4v) is 3.32. The number of nitrogens with zero attached hydrogens (tertiary/aromatic N) is 3. The lowest BCUT2D eigenvalue weighted by Crippen LogP contribution is -2.10. The van der Waals surface area contributed by atoms with Crippen LogP contribution in [-0.4, -0.2) is 21.2 Å². The minimum atomic E-state index is 0.0736. The van der Waals surface area contributed by atoms with E-state index in [2.05, 4.69) is 63.8 Å². The van der Waals surface area contributed by atoms with E-state index >= 15 is 0 Å². The second-order valence-corrected chi connectivity index (χ2v) is 5.90. The molecule has 0 radical (unpaired) electrons. The molecule has 120 valence electrons. The van der Waals surface area contributed by atoms with E-state index in [1.165, 1.54) is 22.0 Å². The third-order valence-corrected chi connectivity index (χ3v) is 4.46. The van der Waals surface area contributed by atoms with Crippen LogP contribution in [0.4, 0.5) is 0 Å². The molecule has 4 aromatic rings. The number of imidazole rings is 1. The molecule has 0 saturated heterocycles. The molecule has 0 bridgehead atoms. The van der Waals surface area contributed by atoms with Crippen molar-refractivity contribution in [1.82, 2.24) is 14.1 Å². The summed E-state index contributed by atoms with van der Waals surface area (Å²) in [5.41, 5.74) is 3.65. The predicted octanol–water partition coefficient (Wildman–Crippen LogP) is 4.02. The summed E-state index contributed by atoms with van der Waals surface area (Å²) < 4.78 is 9.74. The van der Waals surface area contributed by atoms with Crippen LogP contribution in [0.25, 0.3) is 10.9 Å². The number of aryl methyl sites for hydroxylation is 1. The first-order valence-electron chi connectivity index (χ1n) is 7.93. The molecule has 0 aliphatic heterocycles. The van der Waals surface area contributed by atoms with Crippen LogP contribution in [0, 0.1) is 0 Å². The van der Waals surface area contributed by atoms with Crippen LogP contribution < -0.4 is 4.74 Å². The molecule has 0 fully saturated rings. The van der Waals surface area contributed by atoms with Gasteiger partial charge in [0.1, 0.15) is 5.75 Å². The zero-order valence-electron chi connectivity index (χ0n) is 13.8. The van der Waals surface area contributed by atoms with Gasteiger partial charge in [-0.05, 0) is 23.8 Å². The summed E-state index contributed by atoms with van der Waals surface area (Å²) in [5, 5.41) is 1.19. The first-order chi connectivity index (χ1) is 11.8. The minimum absolute atomic E-state index is 0.0736. The first-order valence-corrected chi connectivity index (χ1v) is 7.93. The lowest BCUT2D eigenvalue weighted by Gasteiger charge is -2.19. The smallest absolute Gasteiger partial charge is 0.119 e. The summed E-state index contributed by atoms with van der Waals surface area (Å²) >= 11 is 0. The third-order valence-electron chi connectivity index (χ3n) is 4.46. The number of aromatic nitrogens is 3. The minimum Gasteiger partial charge on any atom is -0.497 e. The maximum atomic E-state index is 5.43. The highest BCUT2D eigenvalue weighted by molar-refractivity contribution is 5.86. The molecule has 0 aliphatic rings. The van der Waals surface area contributed by atoms with Gasteiger partial charge in [-0.25, -0.2) is 4.98 Å². The number of hydrogen-bond acceptors (Lipinski definition) is 2. The molecule has 1 atom stereocenters. The Morgan fingerprint density at radius 1 is 1.08 bits per heavy atom. The summed E-state index contributed by atoms with van der Waals surface area (Å²) in [6.45, 7) is 0. The Morgan fingerprint density at radius 2 is 1.92 bits per heavy atom. The van der Waals surface area contributed by atoms with Crippen LogP contribution in [0.2, 0.25) is 0 Å². The van der Waals surface area contributed by atoms with E-state index in [1.54, 1.807) is 7.11 Å². The van der Waals surface area contributed by atoms with Crippen molar-refractivity contribution in [1.29, 1.82) is 0 Å². The summed E-state index contributed by atoms with van der Waals surface area (Å²) in [5.74, 6) is 0.868. The summed E-state index contributed by atoms with van der Waals surface area (Å²) in [4.78, 5) is 4.25. The maximum absolute atomic E-state index is 5.43. The van der Waals surface area contributed by atoms with Gasteiger partial charge in [-0.2, -0.15) is 0 Å². The SMILES string of the molecule is COc1ccc2c(c1)c(C(c1ccccc1)n1ccnc1)cn2C. The van der Waals surface area contributed by atoms with Crippen LogP contribution >= 0.6 is 0 Å². The van der Waals surface area contributed by atoms with Gasteiger partial charge in [-0.15, -0.1) is 0 Å². The molecule has 0 saturated carbocycles. The fourth-order valence-electron chi connectivity index (χ4n) is 3.32. The molecular formula is C20H19N3O. The number of fused-ring (bicyclic) bond motifs is 1. The molecule has 0 N–H and O–H groups in total. The van der Waals surface area contributed by atoms with Crippen LogP contribution in [0.1, 0.15) is 17.2 Å². The van der Waals surface area contributed by atoms with Gasteiger partial charge in [0.25, 0.3) is 0 Å². The Morgan fingerprint density at radius 3 is 2.62 bits per heavy atom. The van der Waals surface area contributed by atoms with Gasteiger partial charge in [0, 0.05) is 42.1 Å². The number of rotatable bonds is 4. The molecule has 4 nitrogen and oxygen atoms in total. The molecule has 4 rings (SSSR count). The van der Waals surface area contributed by atoms with Crippen molar-refractivity contribution in [3.63, 3.8) is 0 Å². The van der Waals surface area contributed by atoms with Gasteiger partial charge in [-0.1, -0.05) is 30.3 Å². The molecule has 24 heavy (non-hydrogen) atoms. The number of hydrogen-bond donors (Lipinski definition) is 0. The van der Waals surface area contributed by atoms with Crippen molar-refractivity contribution in [2.45, 2.75) is 6.04 Å². The topological polar surface area (TPSA) is 32.0 Å². The van der Waals surface area contributed by atoms with E-state index in [-0.39, 0.29) is 6.04 Å². The second kappa shape index (κ2) is 5.89. The molecule has 1 unspecified atom stereocenters. The van der Waals surface area contributed by atoms with Crippen LogP contribution in [-0.2, 0) is 7.05 Å². The van der Waals surface area contributed by atoms with Gasteiger partial charge < -0.3 is 13.9 Å². The van der Waals surface area contributed by atoms with E-state index in [1.807, 2.05) is 30.9 Å². The zero-order chi connectivity index (χ0) is 16.5. The molecular weight excluding hydrogens is 298 g/mol. The molecule has 2 aromatic heterocycles. The molecule has 4 heteroatoms. The quantitative estimate of drug-likeness (QED) is 0.569. The molecule has 2 aromatic carbocycles. The first kappa shape index (κ1) is 14.6. The monoisotopic (exact) mass is 317 g/mol. The largest absolute Gasteiger partial charge is 0.497 e. The van der Waals surface area contributed by atoms with Crippen molar-refractivity contribution >= 4 is 10.9 Å². The average Bonchev–Trinajstić information content (AvgIpc) is 3.25. The lowest BCUT2D eigenvalue weighted by atomic mass is 9.98.